The fourth-order valence-corrected chi connectivity index (χ4v) is 2.33. The minimum atomic E-state index is -0.0588. The van der Waals surface area contributed by atoms with E-state index in [9.17, 15) is 4.79 Å². The van der Waals surface area contributed by atoms with Gasteiger partial charge in [0, 0.05) is 25.7 Å². The molecule has 0 bridgehead atoms. The number of nitrogens with zero attached hydrogens (tertiary/aromatic N) is 1. The van der Waals surface area contributed by atoms with E-state index in [-0.39, 0.29) is 5.91 Å². The molecule has 122 valence electrons. The highest BCUT2D eigenvalue weighted by molar-refractivity contribution is 5.93. The first-order valence-corrected chi connectivity index (χ1v) is 7.78. The third kappa shape index (κ3) is 5.11. The maximum absolute atomic E-state index is 11.5. The standard InChI is InChI=1S/C19H24N2O2/c1-15-6-4-5-7-18(15)23-13-12-21(3)14-16-8-10-17(11-9-16)19(22)20-2/h4-11H,12-14H2,1-3H3,(H,20,22). The number of nitrogens with one attached hydrogen (secondary N) is 1. The van der Waals surface area contributed by atoms with E-state index in [1.54, 1.807) is 7.05 Å². The number of rotatable bonds is 7. The molecule has 0 aliphatic rings. The number of amides is 1. The molecule has 0 saturated heterocycles. The largest absolute Gasteiger partial charge is 0.492 e. The van der Waals surface area contributed by atoms with Gasteiger partial charge in [0.25, 0.3) is 5.91 Å². The summed E-state index contributed by atoms with van der Waals surface area (Å²) in [5, 5.41) is 2.62. The first kappa shape index (κ1) is 17.0. The Balaban J connectivity index is 1.79. The lowest BCUT2D eigenvalue weighted by Gasteiger charge is -2.17. The zero-order chi connectivity index (χ0) is 16.7. The molecule has 2 aromatic rings. The number of hydrogen-bond donors (Lipinski definition) is 1. The molecule has 0 spiro atoms. The summed E-state index contributed by atoms with van der Waals surface area (Å²) in [6.07, 6.45) is 0. The number of ether oxygens (including phenoxy) is 1. The van der Waals surface area contributed by atoms with E-state index in [0.29, 0.717) is 12.2 Å². The Hall–Kier alpha value is -2.33. The molecular formula is C19H24N2O2. The summed E-state index contributed by atoms with van der Waals surface area (Å²) >= 11 is 0. The lowest BCUT2D eigenvalue weighted by atomic mass is 10.1. The molecule has 2 rings (SSSR count). The van der Waals surface area contributed by atoms with E-state index in [1.165, 1.54) is 5.56 Å². The quantitative estimate of drug-likeness (QED) is 0.855. The zero-order valence-corrected chi connectivity index (χ0v) is 14.0. The maximum atomic E-state index is 11.5. The average molecular weight is 312 g/mol. The Bertz CT molecular complexity index is 638. The third-order valence-corrected chi connectivity index (χ3v) is 3.72. The molecule has 2 aromatic carbocycles. The Morgan fingerprint density at radius 1 is 1.13 bits per heavy atom. The first-order chi connectivity index (χ1) is 11.1. The van der Waals surface area contributed by atoms with Gasteiger partial charge in [-0.1, -0.05) is 30.3 Å². The highest BCUT2D eigenvalue weighted by Gasteiger charge is 2.05. The molecule has 0 aliphatic carbocycles. The second-order valence-corrected chi connectivity index (χ2v) is 5.63. The van der Waals surface area contributed by atoms with Crippen LogP contribution >= 0.6 is 0 Å². The lowest BCUT2D eigenvalue weighted by Crippen LogP contribution is -2.24. The van der Waals surface area contributed by atoms with Crippen molar-refractivity contribution in [3.8, 4) is 5.75 Å². The number of aryl methyl sites for hydroxylation is 1. The minimum absolute atomic E-state index is 0.0588. The molecule has 4 nitrogen and oxygen atoms in total. The Morgan fingerprint density at radius 3 is 2.48 bits per heavy atom. The number of hydrogen-bond acceptors (Lipinski definition) is 3. The van der Waals surface area contributed by atoms with Crippen molar-refractivity contribution in [2.75, 3.05) is 27.2 Å². The van der Waals surface area contributed by atoms with Crippen molar-refractivity contribution in [2.24, 2.45) is 0 Å². The van der Waals surface area contributed by atoms with Gasteiger partial charge in [-0.15, -0.1) is 0 Å². The van der Waals surface area contributed by atoms with E-state index in [1.807, 2.05) is 55.5 Å². The summed E-state index contributed by atoms with van der Waals surface area (Å²) < 4.78 is 5.82. The van der Waals surface area contributed by atoms with Crippen LogP contribution in [0, 0.1) is 6.92 Å². The molecule has 0 unspecified atom stereocenters. The van der Waals surface area contributed by atoms with Gasteiger partial charge in [0.1, 0.15) is 12.4 Å². The summed E-state index contributed by atoms with van der Waals surface area (Å²) in [5.74, 6) is 0.882. The van der Waals surface area contributed by atoms with Crippen LogP contribution in [-0.4, -0.2) is 38.1 Å². The highest BCUT2D eigenvalue weighted by atomic mass is 16.5. The molecule has 0 saturated carbocycles. The third-order valence-electron chi connectivity index (χ3n) is 3.72. The van der Waals surface area contributed by atoms with E-state index < -0.39 is 0 Å². The molecule has 0 fully saturated rings. The van der Waals surface area contributed by atoms with Crippen molar-refractivity contribution in [1.82, 2.24) is 10.2 Å². The number of benzene rings is 2. The first-order valence-electron chi connectivity index (χ1n) is 7.78. The van der Waals surface area contributed by atoms with E-state index in [4.69, 9.17) is 4.74 Å². The van der Waals surface area contributed by atoms with Crippen molar-refractivity contribution >= 4 is 5.91 Å². The van der Waals surface area contributed by atoms with Crippen molar-refractivity contribution in [2.45, 2.75) is 13.5 Å². The Labute approximate surface area is 138 Å². The van der Waals surface area contributed by atoms with Crippen molar-refractivity contribution < 1.29 is 9.53 Å². The fraction of sp³-hybridized carbons (Fsp3) is 0.316. The van der Waals surface area contributed by atoms with Crippen molar-refractivity contribution in [3.05, 3.63) is 65.2 Å². The van der Waals surface area contributed by atoms with Gasteiger partial charge >= 0.3 is 0 Å². The van der Waals surface area contributed by atoms with Crippen LogP contribution in [0.3, 0.4) is 0 Å². The summed E-state index contributed by atoms with van der Waals surface area (Å²) in [5.41, 5.74) is 3.01. The molecule has 1 amide bonds. The monoisotopic (exact) mass is 312 g/mol. The van der Waals surface area contributed by atoms with Crippen LogP contribution in [0.2, 0.25) is 0 Å². The number of carbonyl (C=O) groups is 1. The second kappa shape index (κ2) is 8.34. The summed E-state index contributed by atoms with van der Waals surface area (Å²) in [7, 11) is 3.70. The summed E-state index contributed by atoms with van der Waals surface area (Å²) in [6.45, 7) is 4.36. The van der Waals surface area contributed by atoms with E-state index in [0.717, 1.165) is 24.4 Å². The molecular weight excluding hydrogens is 288 g/mol. The van der Waals surface area contributed by atoms with Gasteiger partial charge in [0.05, 0.1) is 0 Å². The zero-order valence-electron chi connectivity index (χ0n) is 14.0. The van der Waals surface area contributed by atoms with Crippen LogP contribution in [0.15, 0.2) is 48.5 Å². The number of likely N-dealkylation sites (N-methyl/N-ethyl adjacent to an activating group) is 1. The van der Waals surface area contributed by atoms with Crippen LogP contribution in [0.25, 0.3) is 0 Å². The van der Waals surface area contributed by atoms with Gasteiger partial charge in [-0.05, 0) is 43.3 Å². The molecule has 0 aliphatic heterocycles. The van der Waals surface area contributed by atoms with Crippen molar-refractivity contribution in [1.29, 1.82) is 0 Å². The van der Waals surface area contributed by atoms with Crippen LogP contribution < -0.4 is 10.1 Å². The molecule has 23 heavy (non-hydrogen) atoms. The lowest BCUT2D eigenvalue weighted by molar-refractivity contribution is 0.0963. The van der Waals surface area contributed by atoms with Gasteiger partial charge in [-0.2, -0.15) is 0 Å². The van der Waals surface area contributed by atoms with Gasteiger partial charge < -0.3 is 10.1 Å². The van der Waals surface area contributed by atoms with E-state index in [2.05, 4.69) is 17.3 Å². The highest BCUT2D eigenvalue weighted by Crippen LogP contribution is 2.16. The van der Waals surface area contributed by atoms with Gasteiger partial charge in [-0.3, -0.25) is 9.69 Å². The topological polar surface area (TPSA) is 41.6 Å². The van der Waals surface area contributed by atoms with E-state index >= 15 is 0 Å². The average Bonchev–Trinajstić information content (AvgIpc) is 2.56. The second-order valence-electron chi connectivity index (χ2n) is 5.63. The fourth-order valence-electron chi connectivity index (χ4n) is 2.33. The normalized spacial score (nSPS) is 10.6. The SMILES string of the molecule is CNC(=O)c1ccc(CN(C)CCOc2ccccc2C)cc1. The van der Waals surface area contributed by atoms with Crippen LogP contribution in [0.1, 0.15) is 21.5 Å². The molecule has 1 N–H and O–H groups in total. The van der Waals surface area contributed by atoms with Crippen LogP contribution in [0.5, 0.6) is 5.75 Å². The Kier molecular flexibility index (Phi) is 6.18. The molecule has 0 radical (unpaired) electrons. The predicted molar refractivity (Wildman–Crippen MR) is 92.8 cm³/mol. The molecule has 0 heterocycles. The molecule has 0 atom stereocenters. The predicted octanol–water partition coefficient (Wildman–Crippen LogP) is 2.87. The maximum Gasteiger partial charge on any atom is 0.251 e. The number of carbonyl (C=O) groups excluding carboxylic acids is 1. The number of para-hydroxylation sites is 1. The summed E-state index contributed by atoms with van der Waals surface area (Å²) in [4.78, 5) is 13.7. The van der Waals surface area contributed by atoms with Crippen molar-refractivity contribution in [3.63, 3.8) is 0 Å². The summed E-state index contributed by atoms with van der Waals surface area (Å²) in [6, 6.07) is 15.7. The minimum Gasteiger partial charge on any atom is -0.492 e. The molecule has 4 heteroatoms. The Morgan fingerprint density at radius 2 is 1.83 bits per heavy atom. The van der Waals surface area contributed by atoms with Crippen LogP contribution in [0.4, 0.5) is 0 Å². The van der Waals surface area contributed by atoms with Gasteiger partial charge in [0.15, 0.2) is 0 Å². The van der Waals surface area contributed by atoms with Gasteiger partial charge in [-0.25, -0.2) is 0 Å². The van der Waals surface area contributed by atoms with Gasteiger partial charge in [0.2, 0.25) is 0 Å². The smallest absolute Gasteiger partial charge is 0.251 e. The molecule has 0 aromatic heterocycles. The van der Waals surface area contributed by atoms with Crippen LogP contribution in [-0.2, 0) is 6.54 Å².